The van der Waals surface area contributed by atoms with Gasteiger partial charge in [0.2, 0.25) is 0 Å². The number of halogens is 1. The summed E-state index contributed by atoms with van der Waals surface area (Å²) >= 11 is 7.66. The molecule has 1 aromatic heterocycles. The van der Waals surface area contributed by atoms with Crippen LogP contribution < -0.4 is 4.87 Å². The summed E-state index contributed by atoms with van der Waals surface area (Å²) in [5.41, 5.74) is 4.02. The number of aryl methyl sites for hydroxylation is 1. The van der Waals surface area contributed by atoms with Gasteiger partial charge in [0, 0.05) is 18.0 Å². The molecule has 1 N–H and O–H groups in total. The fourth-order valence-electron chi connectivity index (χ4n) is 5.32. The van der Waals surface area contributed by atoms with Gasteiger partial charge in [0.25, 0.3) is 0 Å². The number of rotatable bonds is 6. The fraction of sp³-hybridized carbons (Fsp3) is 0.387. The minimum Gasteiger partial charge on any atom is -0.505 e. The summed E-state index contributed by atoms with van der Waals surface area (Å²) in [5.74, 6) is 0.0967. The number of nitrogens with zero attached hydrogens (tertiary/aromatic N) is 3. The summed E-state index contributed by atoms with van der Waals surface area (Å²) in [6.45, 7) is 15.4. The Morgan fingerprint density at radius 3 is 2.16 bits per heavy atom. The van der Waals surface area contributed by atoms with E-state index in [1.165, 1.54) is 0 Å². The zero-order valence-electron chi connectivity index (χ0n) is 23.4. The van der Waals surface area contributed by atoms with Gasteiger partial charge in [-0.3, -0.25) is 4.79 Å². The molecule has 0 spiro atoms. The van der Waals surface area contributed by atoms with Crippen molar-refractivity contribution in [2.45, 2.75) is 65.7 Å². The monoisotopic (exact) mass is 549 g/mol. The van der Waals surface area contributed by atoms with Crippen LogP contribution in [-0.2, 0) is 17.9 Å². The maximum absolute atomic E-state index is 12.1. The van der Waals surface area contributed by atoms with E-state index in [-0.39, 0.29) is 21.5 Å². The van der Waals surface area contributed by atoms with Crippen molar-refractivity contribution in [2.24, 2.45) is 22.7 Å². The molecule has 0 fully saturated rings. The number of hydrogen-bond acceptors (Lipinski definition) is 5. The Bertz CT molecular complexity index is 1570. The van der Waals surface area contributed by atoms with Gasteiger partial charge in [-0.05, 0) is 46.6 Å². The number of thiazole rings is 1. The van der Waals surface area contributed by atoms with Crippen molar-refractivity contribution in [3.63, 3.8) is 0 Å². The Balaban J connectivity index is 1.89. The second-order valence-electron chi connectivity index (χ2n) is 12.4. The van der Waals surface area contributed by atoms with Gasteiger partial charge in [0.15, 0.2) is 0 Å². The lowest BCUT2D eigenvalue weighted by Gasteiger charge is -2.35. The molecule has 0 saturated heterocycles. The molecule has 0 atom stereocenters. The largest absolute Gasteiger partial charge is 0.505 e. The molecule has 0 aliphatic carbocycles. The predicted octanol–water partition coefficient (Wildman–Crippen LogP) is 9.41. The molecular weight excluding hydrogens is 514 g/mol. The SMILES string of the molecule is Cn1c(=O)sc2cc(N=Nc3cc(C(C)(C)CC(C)(C)C)cc(C(C)(C)c4ccccc4)c3O)c(Cl)cc21. The molecule has 38 heavy (non-hydrogen) atoms. The van der Waals surface area contributed by atoms with E-state index in [9.17, 15) is 9.90 Å². The van der Waals surface area contributed by atoms with E-state index < -0.39 is 5.41 Å². The van der Waals surface area contributed by atoms with Crippen LogP contribution in [0.3, 0.4) is 0 Å². The molecule has 0 unspecified atom stereocenters. The topological polar surface area (TPSA) is 67.0 Å². The van der Waals surface area contributed by atoms with Gasteiger partial charge in [0.1, 0.15) is 17.1 Å². The fourth-order valence-corrected chi connectivity index (χ4v) is 6.41. The third kappa shape index (κ3) is 5.57. The molecule has 0 amide bonds. The molecule has 5 nitrogen and oxygen atoms in total. The molecule has 200 valence electrons. The van der Waals surface area contributed by atoms with E-state index in [0.717, 1.165) is 44.7 Å². The smallest absolute Gasteiger partial charge is 0.307 e. The maximum Gasteiger partial charge on any atom is 0.307 e. The van der Waals surface area contributed by atoms with Crippen LogP contribution in [0.15, 0.2) is 69.6 Å². The Hall–Kier alpha value is -2.96. The first-order chi connectivity index (χ1) is 17.6. The number of phenols is 1. The zero-order chi connectivity index (χ0) is 28.0. The summed E-state index contributed by atoms with van der Waals surface area (Å²) in [6.07, 6.45) is 0.946. The van der Waals surface area contributed by atoms with Crippen molar-refractivity contribution in [3.05, 3.63) is 86.0 Å². The number of azo groups is 1. The molecule has 3 aromatic carbocycles. The number of phenolic OH excluding ortho intramolecular Hbond substituents is 1. The van der Waals surface area contributed by atoms with Gasteiger partial charge in [-0.25, -0.2) is 0 Å². The van der Waals surface area contributed by atoms with Gasteiger partial charge in [-0.1, -0.05) is 108 Å². The van der Waals surface area contributed by atoms with Crippen LogP contribution in [0.25, 0.3) is 10.2 Å². The average molecular weight is 550 g/mol. The number of aromatic hydroxyl groups is 1. The molecule has 4 rings (SSSR count). The second-order valence-corrected chi connectivity index (χ2v) is 13.8. The quantitative estimate of drug-likeness (QED) is 0.243. The Kier molecular flexibility index (Phi) is 7.36. The highest BCUT2D eigenvalue weighted by molar-refractivity contribution is 7.16. The van der Waals surface area contributed by atoms with Crippen LogP contribution in [0.1, 0.15) is 71.6 Å². The standard InChI is InChI=1S/C31H36ClN3O2S/c1-29(2,3)18-30(4,5)20-14-21(31(6,7)19-12-10-9-11-13-19)27(36)24(15-20)34-33-23-17-26-25(16-22(23)32)35(8)28(37)38-26/h9-17,36H,18H2,1-8H3. The van der Waals surface area contributed by atoms with Gasteiger partial charge < -0.3 is 9.67 Å². The van der Waals surface area contributed by atoms with Crippen molar-refractivity contribution < 1.29 is 5.11 Å². The molecule has 0 radical (unpaired) electrons. The average Bonchev–Trinajstić information content (AvgIpc) is 3.09. The van der Waals surface area contributed by atoms with E-state index >= 15 is 0 Å². The minimum atomic E-state index is -0.476. The van der Waals surface area contributed by atoms with Crippen molar-refractivity contribution in [2.75, 3.05) is 0 Å². The van der Waals surface area contributed by atoms with Gasteiger partial charge in [0.05, 0.1) is 15.2 Å². The first-order valence-electron chi connectivity index (χ1n) is 12.7. The highest BCUT2D eigenvalue weighted by atomic mass is 35.5. The zero-order valence-corrected chi connectivity index (χ0v) is 25.0. The summed E-state index contributed by atoms with van der Waals surface area (Å²) in [6, 6.07) is 17.7. The number of hydrogen-bond donors (Lipinski definition) is 1. The summed E-state index contributed by atoms with van der Waals surface area (Å²) in [7, 11) is 1.72. The van der Waals surface area contributed by atoms with Crippen molar-refractivity contribution in [1.82, 2.24) is 4.57 Å². The molecule has 0 aliphatic heterocycles. The maximum atomic E-state index is 12.1. The van der Waals surface area contributed by atoms with E-state index in [2.05, 4.69) is 76.9 Å². The highest BCUT2D eigenvalue weighted by Crippen LogP contribution is 2.47. The van der Waals surface area contributed by atoms with E-state index in [1.54, 1.807) is 23.7 Å². The van der Waals surface area contributed by atoms with Crippen LogP contribution in [0.5, 0.6) is 5.75 Å². The first kappa shape index (κ1) is 28.1. The Labute approximate surface area is 233 Å². The Morgan fingerprint density at radius 1 is 0.895 bits per heavy atom. The number of benzene rings is 3. The van der Waals surface area contributed by atoms with Gasteiger partial charge in [-0.15, -0.1) is 10.2 Å². The Morgan fingerprint density at radius 2 is 1.53 bits per heavy atom. The summed E-state index contributed by atoms with van der Waals surface area (Å²) < 4.78 is 2.35. The second kappa shape index (κ2) is 9.97. The van der Waals surface area contributed by atoms with Crippen LogP contribution in [0.2, 0.25) is 5.02 Å². The highest BCUT2D eigenvalue weighted by Gasteiger charge is 2.33. The van der Waals surface area contributed by atoms with E-state index in [1.807, 2.05) is 24.3 Å². The third-order valence-corrected chi connectivity index (χ3v) is 8.44. The van der Waals surface area contributed by atoms with Crippen LogP contribution in [-0.4, -0.2) is 9.67 Å². The molecule has 0 bridgehead atoms. The van der Waals surface area contributed by atoms with Gasteiger partial charge >= 0.3 is 4.87 Å². The number of aromatic nitrogens is 1. The number of fused-ring (bicyclic) bond motifs is 1. The molecule has 1 heterocycles. The van der Waals surface area contributed by atoms with Crippen LogP contribution >= 0.6 is 22.9 Å². The molecule has 0 saturated carbocycles. The third-order valence-electron chi connectivity index (χ3n) is 7.14. The predicted molar refractivity (Wildman–Crippen MR) is 160 cm³/mol. The minimum absolute atomic E-state index is 0.0654. The van der Waals surface area contributed by atoms with Crippen LogP contribution in [0.4, 0.5) is 11.4 Å². The molecular formula is C31H36ClN3O2S. The molecule has 4 aromatic rings. The normalized spacial score (nSPS) is 13.1. The van der Waals surface area contributed by atoms with Gasteiger partial charge in [-0.2, -0.15) is 0 Å². The van der Waals surface area contributed by atoms with E-state index in [0.29, 0.717) is 16.4 Å². The summed E-state index contributed by atoms with van der Waals surface area (Å²) in [4.78, 5) is 12.0. The van der Waals surface area contributed by atoms with Crippen molar-refractivity contribution in [1.29, 1.82) is 0 Å². The lowest BCUT2D eigenvalue weighted by Crippen LogP contribution is -2.26. The van der Waals surface area contributed by atoms with Crippen molar-refractivity contribution in [3.8, 4) is 5.75 Å². The molecule has 7 heteroatoms. The first-order valence-corrected chi connectivity index (χ1v) is 13.9. The van der Waals surface area contributed by atoms with E-state index in [4.69, 9.17) is 11.6 Å². The lowest BCUT2D eigenvalue weighted by molar-refractivity contribution is 0.283. The van der Waals surface area contributed by atoms with Crippen LogP contribution in [0, 0.1) is 5.41 Å². The molecule has 0 aliphatic rings. The lowest BCUT2D eigenvalue weighted by atomic mass is 9.70. The summed E-state index contributed by atoms with van der Waals surface area (Å²) in [5, 5.41) is 20.9. The van der Waals surface area contributed by atoms with Crippen molar-refractivity contribution >= 4 is 44.5 Å².